The Morgan fingerprint density at radius 1 is 1.36 bits per heavy atom. The fourth-order valence-electron chi connectivity index (χ4n) is 0.581. The first-order valence-electron chi connectivity index (χ1n) is 2.79. The van der Waals surface area contributed by atoms with E-state index in [1.54, 1.807) is 13.0 Å². The molecule has 0 radical (unpaired) electrons. The van der Waals surface area contributed by atoms with Crippen molar-refractivity contribution < 1.29 is 13.2 Å². The first-order chi connectivity index (χ1) is 4.97. The largest absolute Gasteiger partial charge is 0.447 e. The van der Waals surface area contributed by atoms with Crippen molar-refractivity contribution in [3.05, 3.63) is 17.0 Å². The number of thiophene rings is 1. The van der Waals surface area contributed by atoms with Gasteiger partial charge in [0.05, 0.1) is 4.21 Å². The third-order valence-electron chi connectivity index (χ3n) is 0.932. The molecule has 0 aliphatic rings. The lowest BCUT2D eigenvalue weighted by Gasteiger charge is -2.00. The van der Waals surface area contributed by atoms with Crippen LogP contribution in [0.5, 0.6) is 0 Å². The zero-order valence-electron chi connectivity index (χ0n) is 5.61. The molecule has 0 nitrogen and oxygen atoms in total. The van der Waals surface area contributed by atoms with Gasteiger partial charge >= 0.3 is 5.51 Å². The molecule has 0 atom stereocenters. The first kappa shape index (κ1) is 8.93. The van der Waals surface area contributed by atoms with Gasteiger partial charge in [-0.15, -0.1) is 11.3 Å². The van der Waals surface area contributed by atoms with Crippen LogP contribution in [0.1, 0.15) is 4.88 Å². The molecule has 0 amide bonds. The van der Waals surface area contributed by atoms with E-state index in [1.807, 2.05) is 0 Å². The summed E-state index contributed by atoms with van der Waals surface area (Å²) in [7, 11) is 0. The van der Waals surface area contributed by atoms with Crippen LogP contribution >= 0.6 is 23.1 Å². The highest BCUT2D eigenvalue weighted by atomic mass is 32.2. The third kappa shape index (κ3) is 3.16. The summed E-state index contributed by atoms with van der Waals surface area (Å²) in [4.78, 5) is 0.900. The topological polar surface area (TPSA) is 0 Å². The summed E-state index contributed by atoms with van der Waals surface area (Å²) < 4.78 is 35.5. The molecule has 5 heteroatoms. The van der Waals surface area contributed by atoms with Crippen LogP contribution < -0.4 is 0 Å². The lowest BCUT2D eigenvalue weighted by atomic mass is 10.5. The van der Waals surface area contributed by atoms with Crippen LogP contribution in [0.25, 0.3) is 0 Å². The molecular formula is C6H5F3S2. The summed E-state index contributed by atoms with van der Waals surface area (Å²) in [6.45, 7) is 1.78. The second kappa shape index (κ2) is 3.06. The van der Waals surface area contributed by atoms with Gasteiger partial charge in [-0.1, -0.05) is 0 Å². The zero-order chi connectivity index (χ0) is 8.48. The monoisotopic (exact) mass is 198 g/mol. The van der Waals surface area contributed by atoms with Gasteiger partial charge in [0, 0.05) is 4.88 Å². The van der Waals surface area contributed by atoms with Gasteiger partial charge in [-0.2, -0.15) is 13.2 Å². The number of alkyl halides is 3. The Balaban J connectivity index is 2.65. The minimum absolute atomic E-state index is 0.0599. The normalized spacial score (nSPS) is 12.0. The summed E-state index contributed by atoms with van der Waals surface area (Å²) >= 11 is 1.10. The molecular weight excluding hydrogens is 193 g/mol. The smallest absolute Gasteiger partial charge is 0.160 e. The average molecular weight is 198 g/mol. The number of aryl methyl sites for hydroxylation is 1. The summed E-state index contributed by atoms with van der Waals surface area (Å²) in [5.74, 6) is 0. The SMILES string of the molecule is Cc1ccc(SC(F)(F)F)s1. The molecule has 0 saturated heterocycles. The van der Waals surface area contributed by atoms with Crippen LogP contribution in [0.2, 0.25) is 0 Å². The van der Waals surface area contributed by atoms with Gasteiger partial charge in [-0.3, -0.25) is 0 Å². The molecule has 0 aliphatic carbocycles. The molecule has 11 heavy (non-hydrogen) atoms. The van der Waals surface area contributed by atoms with Crippen LogP contribution in [0, 0.1) is 6.92 Å². The van der Waals surface area contributed by atoms with Crippen LogP contribution in [0.4, 0.5) is 13.2 Å². The van der Waals surface area contributed by atoms with E-state index in [9.17, 15) is 13.2 Å². The van der Waals surface area contributed by atoms with E-state index in [2.05, 4.69) is 0 Å². The van der Waals surface area contributed by atoms with Gasteiger partial charge < -0.3 is 0 Å². The highest BCUT2D eigenvalue weighted by molar-refractivity contribution is 8.01. The van der Waals surface area contributed by atoms with E-state index in [0.717, 1.165) is 16.2 Å². The molecule has 0 aromatic carbocycles. The third-order valence-corrected chi connectivity index (χ3v) is 2.80. The molecule has 0 fully saturated rings. The molecule has 0 bridgehead atoms. The maximum absolute atomic E-state index is 11.7. The highest BCUT2D eigenvalue weighted by Crippen LogP contribution is 2.39. The van der Waals surface area contributed by atoms with Crippen molar-refractivity contribution in [3.8, 4) is 0 Å². The quantitative estimate of drug-likeness (QED) is 0.620. The number of hydrogen-bond acceptors (Lipinski definition) is 2. The maximum Gasteiger partial charge on any atom is 0.447 e. The molecule has 0 aliphatic heterocycles. The molecule has 1 aromatic heterocycles. The lowest BCUT2D eigenvalue weighted by molar-refractivity contribution is -0.0326. The zero-order valence-corrected chi connectivity index (χ0v) is 7.24. The molecule has 62 valence electrons. The number of rotatable bonds is 1. The number of hydrogen-bond donors (Lipinski definition) is 0. The van der Waals surface area contributed by atoms with Crippen molar-refractivity contribution in [1.82, 2.24) is 0 Å². The Labute approximate surface area is 70.4 Å². The van der Waals surface area contributed by atoms with Gasteiger partial charge in [-0.05, 0) is 30.8 Å². The van der Waals surface area contributed by atoms with E-state index in [0.29, 0.717) is 4.21 Å². The minimum Gasteiger partial charge on any atom is -0.160 e. The molecule has 0 spiro atoms. The van der Waals surface area contributed by atoms with E-state index >= 15 is 0 Å². The Morgan fingerprint density at radius 3 is 2.36 bits per heavy atom. The highest BCUT2D eigenvalue weighted by Gasteiger charge is 2.29. The van der Waals surface area contributed by atoms with E-state index in [4.69, 9.17) is 0 Å². The second-order valence-corrected chi connectivity index (χ2v) is 4.57. The number of halogens is 3. The Kier molecular flexibility index (Phi) is 2.49. The van der Waals surface area contributed by atoms with Crippen LogP contribution in [0.3, 0.4) is 0 Å². The van der Waals surface area contributed by atoms with Crippen molar-refractivity contribution in [2.45, 2.75) is 16.6 Å². The molecule has 1 aromatic rings. The van der Waals surface area contributed by atoms with Crippen molar-refractivity contribution in [2.24, 2.45) is 0 Å². The molecule has 0 unspecified atom stereocenters. The Hall–Kier alpha value is -0.160. The second-order valence-electron chi connectivity index (χ2n) is 1.91. The first-order valence-corrected chi connectivity index (χ1v) is 4.43. The summed E-state index contributed by atoms with van der Waals surface area (Å²) in [5, 5.41) is 0. The summed E-state index contributed by atoms with van der Waals surface area (Å²) in [6.07, 6.45) is 0. The van der Waals surface area contributed by atoms with Crippen LogP contribution in [-0.2, 0) is 0 Å². The fourth-order valence-corrected chi connectivity index (χ4v) is 2.38. The van der Waals surface area contributed by atoms with Gasteiger partial charge in [0.2, 0.25) is 0 Å². The van der Waals surface area contributed by atoms with Gasteiger partial charge in [-0.25, -0.2) is 0 Å². The Morgan fingerprint density at radius 2 is 2.00 bits per heavy atom. The van der Waals surface area contributed by atoms with Crippen LogP contribution in [0.15, 0.2) is 16.3 Å². The van der Waals surface area contributed by atoms with Crippen molar-refractivity contribution >= 4 is 23.1 Å². The molecule has 1 rings (SSSR count). The molecule has 1 heterocycles. The molecule has 0 N–H and O–H groups in total. The van der Waals surface area contributed by atoms with Crippen LogP contribution in [-0.4, -0.2) is 5.51 Å². The van der Waals surface area contributed by atoms with E-state index in [-0.39, 0.29) is 11.8 Å². The van der Waals surface area contributed by atoms with Gasteiger partial charge in [0.1, 0.15) is 0 Å². The Bertz CT molecular complexity index is 238. The standard InChI is InChI=1S/C6H5F3S2/c1-4-2-3-5(10-4)11-6(7,8)9/h2-3H,1H3. The van der Waals surface area contributed by atoms with Crippen molar-refractivity contribution in [1.29, 1.82) is 0 Å². The summed E-state index contributed by atoms with van der Waals surface area (Å²) in [5.41, 5.74) is -4.16. The van der Waals surface area contributed by atoms with E-state index in [1.165, 1.54) is 6.07 Å². The lowest BCUT2D eigenvalue weighted by Crippen LogP contribution is -1.97. The number of thioether (sulfide) groups is 1. The fraction of sp³-hybridized carbons (Fsp3) is 0.333. The van der Waals surface area contributed by atoms with Crippen molar-refractivity contribution in [3.63, 3.8) is 0 Å². The average Bonchev–Trinajstić information content (AvgIpc) is 2.10. The minimum atomic E-state index is -4.16. The predicted octanol–water partition coefficient (Wildman–Crippen LogP) is 3.67. The van der Waals surface area contributed by atoms with E-state index < -0.39 is 5.51 Å². The predicted molar refractivity (Wildman–Crippen MR) is 41.0 cm³/mol. The maximum atomic E-state index is 11.7. The van der Waals surface area contributed by atoms with Gasteiger partial charge in [0.15, 0.2) is 0 Å². The van der Waals surface area contributed by atoms with Crippen molar-refractivity contribution in [2.75, 3.05) is 0 Å². The molecule has 0 saturated carbocycles. The van der Waals surface area contributed by atoms with Gasteiger partial charge in [0.25, 0.3) is 0 Å². The summed E-state index contributed by atoms with van der Waals surface area (Å²) in [6, 6.07) is 3.16.